The third kappa shape index (κ3) is 5.64. The second-order valence-electron chi connectivity index (χ2n) is 5.66. The van der Waals surface area contributed by atoms with Gasteiger partial charge in [-0.3, -0.25) is 9.59 Å². The topological polar surface area (TPSA) is 88.4 Å². The molecule has 0 saturated heterocycles. The average Bonchev–Trinajstić information content (AvgIpc) is 2.67. The number of esters is 1. The highest BCUT2D eigenvalue weighted by molar-refractivity contribution is 5.95. The van der Waals surface area contributed by atoms with E-state index in [1.807, 2.05) is 30.3 Å². The maximum atomic E-state index is 12.1. The van der Waals surface area contributed by atoms with Crippen molar-refractivity contribution in [1.82, 2.24) is 0 Å². The van der Waals surface area contributed by atoms with Crippen molar-refractivity contribution in [2.75, 3.05) is 12.4 Å². The Balaban J connectivity index is 1.79. The third-order valence-corrected chi connectivity index (χ3v) is 3.74. The van der Waals surface area contributed by atoms with Gasteiger partial charge in [0.2, 0.25) is 0 Å². The molecule has 6 heteroatoms. The van der Waals surface area contributed by atoms with Gasteiger partial charge in [0.05, 0.1) is 18.7 Å². The molecule has 0 aromatic heterocycles. The van der Waals surface area contributed by atoms with E-state index in [1.54, 1.807) is 31.4 Å². The van der Waals surface area contributed by atoms with E-state index in [1.165, 1.54) is 6.92 Å². The first-order valence-corrected chi connectivity index (χ1v) is 8.15. The number of amides is 1. The summed E-state index contributed by atoms with van der Waals surface area (Å²) in [5.41, 5.74) is 2.02. The summed E-state index contributed by atoms with van der Waals surface area (Å²) in [4.78, 5) is 24.0. The highest BCUT2D eigenvalue weighted by Crippen LogP contribution is 2.13. The van der Waals surface area contributed by atoms with Crippen LogP contribution in [0, 0.1) is 11.3 Å². The van der Waals surface area contributed by atoms with E-state index in [9.17, 15) is 9.59 Å². The Morgan fingerprint density at radius 3 is 2.35 bits per heavy atom. The average molecular weight is 352 g/mol. The molecule has 134 valence electrons. The molecule has 0 heterocycles. The van der Waals surface area contributed by atoms with E-state index in [-0.39, 0.29) is 6.42 Å². The number of carbonyl (C=O) groups excluding carboxylic acids is 2. The van der Waals surface area contributed by atoms with Crippen LogP contribution in [0.25, 0.3) is 0 Å². The molecule has 2 aromatic carbocycles. The SMILES string of the molecule is COc1ccc(CCC(=O)O[C@H](C)C(=O)Nc2ccc(C#N)cc2)cc1. The summed E-state index contributed by atoms with van der Waals surface area (Å²) in [6, 6.07) is 15.9. The van der Waals surface area contributed by atoms with Gasteiger partial charge in [0.25, 0.3) is 5.91 Å². The molecule has 26 heavy (non-hydrogen) atoms. The van der Waals surface area contributed by atoms with Crippen molar-refractivity contribution in [2.45, 2.75) is 25.9 Å². The Bertz CT molecular complexity index is 792. The smallest absolute Gasteiger partial charge is 0.306 e. The number of ether oxygens (including phenoxy) is 2. The van der Waals surface area contributed by atoms with Crippen LogP contribution in [-0.2, 0) is 20.7 Å². The number of hydrogen-bond donors (Lipinski definition) is 1. The molecule has 0 aliphatic rings. The van der Waals surface area contributed by atoms with E-state index in [2.05, 4.69) is 5.32 Å². The van der Waals surface area contributed by atoms with Crippen molar-refractivity contribution in [3.63, 3.8) is 0 Å². The molecule has 0 spiro atoms. The first kappa shape index (κ1) is 19.0. The summed E-state index contributed by atoms with van der Waals surface area (Å²) in [5, 5.41) is 11.4. The number of aryl methyl sites for hydroxylation is 1. The Kier molecular flexibility index (Phi) is 6.75. The number of nitriles is 1. The molecule has 0 unspecified atom stereocenters. The number of methoxy groups -OCH3 is 1. The predicted octanol–water partition coefficient (Wildman–Crippen LogP) is 3.07. The van der Waals surface area contributed by atoms with Crippen LogP contribution in [0.15, 0.2) is 48.5 Å². The zero-order chi connectivity index (χ0) is 18.9. The number of nitrogens with one attached hydrogen (secondary N) is 1. The highest BCUT2D eigenvalue weighted by Gasteiger charge is 2.17. The van der Waals surface area contributed by atoms with Gasteiger partial charge in [0.15, 0.2) is 6.10 Å². The summed E-state index contributed by atoms with van der Waals surface area (Å²) in [7, 11) is 1.59. The Morgan fingerprint density at radius 1 is 1.12 bits per heavy atom. The molecule has 2 aromatic rings. The van der Waals surface area contributed by atoms with Gasteiger partial charge >= 0.3 is 5.97 Å². The quantitative estimate of drug-likeness (QED) is 0.774. The Hall–Kier alpha value is -3.33. The van der Waals surface area contributed by atoms with Crippen molar-refractivity contribution in [1.29, 1.82) is 5.26 Å². The van der Waals surface area contributed by atoms with Gasteiger partial charge in [-0.15, -0.1) is 0 Å². The van der Waals surface area contributed by atoms with Gasteiger partial charge in [-0.25, -0.2) is 0 Å². The lowest BCUT2D eigenvalue weighted by Crippen LogP contribution is -2.30. The Labute approximate surface area is 152 Å². The summed E-state index contributed by atoms with van der Waals surface area (Å²) in [5.74, 6) is -0.111. The molecule has 6 nitrogen and oxygen atoms in total. The van der Waals surface area contributed by atoms with Crippen LogP contribution in [0.4, 0.5) is 5.69 Å². The number of hydrogen-bond acceptors (Lipinski definition) is 5. The van der Waals surface area contributed by atoms with Gasteiger partial charge in [-0.1, -0.05) is 12.1 Å². The number of carbonyl (C=O) groups is 2. The van der Waals surface area contributed by atoms with Crippen LogP contribution in [0.1, 0.15) is 24.5 Å². The van der Waals surface area contributed by atoms with E-state index in [0.717, 1.165) is 11.3 Å². The lowest BCUT2D eigenvalue weighted by atomic mass is 10.1. The summed E-state index contributed by atoms with van der Waals surface area (Å²) < 4.78 is 10.3. The predicted molar refractivity (Wildman–Crippen MR) is 96.7 cm³/mol. The molecular weight excluding hydrogens is 332 g/mol. The second-order valence-corrected chi connectivity index (χ2v) is 5.66. The number of anilines is 1. The normalized spacial score (nSPS) is 11.1. The van der Waals surface area contributed by atoms with E-state index in [4.69, 9.17) is 14.7 Å². The van der Waals surface area contributed by atoms with Crippen LogP contribution in [-0.4, -0.2) is 25.1 Å². The number of nitrogens with zero attached hydrogens (tertiary/aromatic N) is 1. The van der Waals surface area contributed by atoms with Gasteiger partial charge in [0.1, 0.15) is 5.75 Å². The molecule has 0 bridgehead atoms. The molecule has 0 fully saturated rings. The van der Waals surface area contributed by atoms with Gasteiger partial charge in [-0.05, 0) is 55.3 Å². The maximum absolute atomic E-state index is 12.1. The van der Waals surface area contributed by atoms with Crippen molar-refractivity contribution in [3.8, 4) is 11.8 Å². The second kappa shape index (κ2) is 9.23. The van der Waals surface area contributed by atoms with Crippen molar-refractivity contribution >= 4 is 17.6 Å². The Morgan fingerprint density at radius 2 is 1.77 bits per heavy atom. The van der Waals surface area contributed by atoms with Crippen LogP contribution in [0.5, 0.6) is 5.75 Å². The molecule has 2 rings (SSSR count). The molecule has 1 amide bonds. The van der Waals surface area contributed by atoms with Crippen molar-refractivity contribution < 1.29 is 19.1 Å². The number of rotatable bonds is 7. The molecule has 0 radical (unpaired) electrons. The first-order valence-electron chi connectivity index (χ1n) is 8.15. The minimum absolute atomic E-state index is 0.181. The highest BCUT2D eigenvalue weighted by atomic mass is 16.5. The molecule has 1 atom stereocenters. The lowest BCUT2D eigenvalue weighted by molar-refractivity contribution is -0.153. The van der Waals surface area contributed by atoms with Gasteiger partial charge in [-0.2, -0.15) is 5.26 Å². The maximum Gasteiger partial charge on any atom is 0.306 e. The molecular formula is C20H20N2O4. The van der Waals surface area contributed by atoms with Crippen LogP contribution in [0.3, 0.4) is 0 Å². The largest absolute Gasteiger partial charge is 0.497 e. The number of benzene rings is 2. The van der Waals surface area contributed by atoms with E-state index >= 15 is 0 Å². The van der Waals surface area contributed by atoms with Gasteiger partial charge in [0, 0.05) is 12.1 Å². The van der Waals surface area contributed by atoms with Crippen LogP contribution in [0.2, 0.25) is 0 Å². The summed E-state index contributed by atoms with van der Waals surface area (Å²) >= 11 is 0. The van der Waals surface area contributed by atoms with Crippen LogP contribution >= 0.6 is 0 Å². The minimum atomic E-state index is -0.908. The molecule has 1 N–H and O–H groups in total. The zero-order valence-electron chi connectivity index (χ0n) is 14.7. The first-order chi connectivity index (χ1) is 12.5. The van der Waals surface area contributed by atoms with Crippen molar-refractivity contribution in [2.24, 2.45) is 0 Å². The van der Waals surface area contributed by atoms with E-state index < -0.39 is 18.0 Å². The van der Waals surface area contributed by atoms with Crippen molar-refractivity contribution in [3.05, 3.63) is 59.7 Å². The molecule has 0 aliphatic heterocycles. The molecule has 0 saturated carbocycles. The lowest BCUT2D eigenvalue weighted by Gasteiger charge is -2.13. The summed E-state index contributed by atoms with van der Waals surface area (Å²) in [6.07, 6.45) is -0.206. The van der Waals surface area contributed by atoms with E-state index in [0.29, 0.717) is 17.7 Å². The third-order valence-electron chi connectivity index (χ3n) is 3.74. The fourth-order valence-corrected chi connectivity index (χ4v) is 2.22. The van der Waals surface area contributed by atoms with Gasteiger partial charge < -0.3 is 14.8 Å². The fraction of sp³-hybridized carbons (Fsp3) is 0.250. The standard InChI is InChI=1S/C20H20N2O4/c1-14(20(24)22-17-8-3-16(13-21)4-9-17)26-19(23)12-7-15-5-10-18(25-2)11-6-15/h3-6,8-11,14H,7,12H2,1-2H3,(H,22,24)/t14-/m1/s1. The zero-order valence-corrected chi connectivity index (χ0v) is 14.7. The monoisotopic (exact) mass is 352 g/mol. The minimum Gasteiger partial charge on any atom is -0.497 e. The summed E-state index contributed by atoms with van der Waals surface area (Å²) in [6.45, 7) is 1.52. The van der Waals surface area contributed by atoms with Crippen LogP contribution < -0.4 is 10.1 Å². The fourth-order valence-electron chi connectivity index (χ4n) is 2.22. The molecule has 0 aliphatic carbocycles.